The summed E-state index contributed by atoms with van der Waals surface area (Å²) in [5.74, 6) is -6.47. The quantitative estimate of drug-likeness (QED) is 0.0219. The maximum absolute atomic E-state index is 13.9. The number of thioether (sulfide) groups is 1. The number of aliphatic hydroxyl groups is 1. The van der Waals surface area contributed by atoms with Gasteiger partial charge in [-0.15, -0.1) is 0 Å². The number of hydrogen-bond acceptors (Lipinski definition) is 13. The Bertz CT molecular complexity index is 1520. The minimum absolute atomic E-state index is 0.0282. The molecule has 1 heterocycles. The van der Waals surface area contributed by atoms with Crippen LogP contribution in [0.15, 0.2) is 0 Å². The topological polar surface area (TPSA) is 366 Å². The van der Waals surface area contributed by atoms with Crippen LogP contribution < -0.4 is 54.4 Å². The number of nitrogens with two attached hydrogens (primary N) is 3. The molecule has 1 aliphatic heterocycles. The number of aliphatic hydroxyl groups excluding tert-OH is 1. The second-order valence-electron chi connectivity index (χ2n) is 16.0. The first kappa shape index (κ1) is 54.3. The van der Waals surface area contributed by atoms with Crippen molar-refractivity contribution in [3.8, 4) is 0 Å². The van der Waals surface area contributed by atoms with Gasteiger partial charge in [0.1, 0.15) is 42.3 Å². The standard InChI is InChI=1S/C38H70N12O10S/c1-19(2)18-26(32(54)47-25(12-14-39)37(59)60)48-35(57)29(22(6)51)49-31(53)23(10-8-15-43-38(41)42)45-33(55)27-11-9-16-50(27)36(58)21(5)44-30(52)24(13-17-61-7)46-34(56)28(40)20(3)4/h19-29,51H,8-18,39-40H2,1-7H3,(H,44,52)(H,45,55)(H,46,56)(H,47,54)(H,48,57)(H,49,53)(H,59,60)(H4,41,42,43)/t21-,22+,23-,24-,25-,26-,27-,28-,29-/m0/s1. The molecule has 1 rings (SSSR count). The molecule has 0 unspecified atom stereocenters. The zero-order valence-electron chi connectivity index (χ0n) is 36.4. The lowest BCUT2D eigenvalue weighted by molar-refractivity contribution is -0.143. The predicted octanol–water partition coefficient (Wildman–Crippen LogP) is -3.23. The molecular weight excluding hydrogens is 817 g/mol. The van der Waals surface area contributed by atoms with Gasteiger partial charge >= 0.3 is 5.97 Å². The Labute approximate surface area is 362 Å². The summed E-state index contributed by atoms with van der Waals surface area (Å²) in [7, 11) is 0. The summed E-state index contributed by atoms with van der Waals surface area (Å²) in [5, 5.41) is 45.5. The van der Waals surface area contributed by atoms with Crippen LogP contribution in [-0.2, 0) is 38.4 Å². The highest BCUT2D eigenvalue weighted by Gasteiger charge is 2.39. The van der Waals surface area contributed by atoms with Gasteiger partial charge in [-0.3, -0.25) is 39.0 Å². The molecule has 9 atom stereocenters. The van der Waals surface area contributed by atoms with Gasteiger partial charge < -0.3 is 69.5 Å². The molecule has 0 bridgehead atoms. The zero-order chi connectivity index (χ0) is 46.6. The van der Waals surface area contributed by atoms with Gasteiger partial charge in [0.2, 0.25) is 41.4 Å². The average molecular weight is 887 g/mol. The molecule has 0 aromatic carbocycles. The molecule has 61 heavy (non-hydrogen) atoms. The van der Waals surface area contributed by atoms with Gasteiger partial charge in [-0.1, -0.05) is 27.7 Å². The fourth-order valence-electron chi connectivity index (χ4n) is 6.39. The van der Waals surface area contributed by atoms with E-state index in [1.807, 2.05) is 6.26 Å². The molecule has 7 amide bonds. The average Bonchev–Trinajstić information content (AvgIpc) is 3.68. The van der Waals surface area contributed by atoms with Crippen molar-refractivity contribution in [2.75, 3.05) is 31.6 Å². The number of amides is 7. The number of carboxylic acids is 1. The lowest BCUT2D eigenvalue weighted by atomic mass is 10.0. The third-order valence-electron chi connectivity index (χ3n) is 9.92. The number of carbonyl (C=O) groups is 8. The summed E-state index contributed by atoms with van der Waals surface area (Å²) in [6.07, 6.45) is 1.43. The molecule has 22 nitrogen and oxygen atoms in total. The van der Waals surface area contributed by atoms with E-state index in [2.05, 4.69) is 37.2 Å². The fourth-order valence-corrected chi connectivity index (χ4v) is 6.86. The Hall–Kier alpha value is -4.74. The molecule has 0 radical (unpaired) electrons. The zero-order valence-corrected chi connectivity index (χ0v) is 37.2. The van der Waals surface area contributed by atoms with Crippen molar-refractivity contribution in [3.63, 3.8) is 0 Å². The van der Waals surface area contributed by atoms with Crippen molar-refractivity contribution in [1.82, 2.24) is 42.1 Å². The maximum Gasteiger partial charge on any atom is 0.326 e. The molecule has 0 saturated carbocycles. The van der Waals surface area contributed by atoms with Crippen LogP contribution in [0.1, 0.15) is 86.5 Å². The number of nitrogens with zero attached hydrogens (tertiary/aromatic N) is 1. The van der Waals surface area contributed by atoms with E-state index in [4.69, 9.17) is 22.6 Å². The molecule has 23 heteroatoms. The highest BCUT2D eigenvalue weighted by atomic mass is 32.2. The molecule has 0 aliphatic carbocycles. The second-order valence-corrected chi connectivity index (χ2v) is 17.0. The van der Waals surface area contributed by atoms with Gasteiger partial charge in [0, 0.05) is 13.1 Å². The number of nitrogens with one attached hydrogen (secondary N) is 8. The van der Waals surface area contributed by atoms with E-state index in [1.165, 1.54) is 30.5 Å². The number of aliphatic carboxylic acids is 1. The summed E-state index contributed by atoms with van der Waals surface area (Å²) in [6, 6.07) is -9.50. The number of hydrogen-bond donors (Lipinski definition) is 13. The van der Waals surface area contributed by atoms with Crippen LogP contribution in [0.2, 0.25) is 0 Å². The van der Waals surface area contributed by atoms with Crippen molar-refractivity contribution in [2.45, 2.75) is 141 Å². The number of rotatable bonds is 27. The van der Waals surface area contributed by atoms with E-state index in [-0.39, 0.29) is 76.0 Å². The van der Waals surface area contributed by atoms with Crippen LogP contribution in [0, 0.1) is 17.2 Å². The van der Waals surface area contributed by atoms with E-state index < -0.39 is 102 Å². The summed E-state index contributed by atoms with van der Waals surface area (Å²) < 4.78 is 0. The van der Waals surface area contributed by atoms with Crippen molar-refractivity contribution in [1.29, 1.82) is 5.41 Å². The fraction of sp³-hybridized carbons (Fsp3) is 0.763. The summed E-state index contributed by atoms with van der Waals surface area (Å²) in [6.45, 7) is 10.1. The molecule has 0 aromatic heterocycles. The molecule has 0 aromatic rings. The Morgan fingerprint density at radius 3 is 1.90 bits per heavy atom. The van der Waals surface area contributed by atoms with Gasteiger partial charge in [0.05, 0.1) is 12.1 Å². The van der Waals surface area contributed by atoms with Crippen molar-refractivity contribution < 1.29 is 48.6 Å². The van der Waals surface area contributed by atoms with E-state index in [0.29, 0.717) is 12.2 Å². The third kappa shape index (κ3) is 18.8. The summed E-state index contributed by atoms with van der Waals surface area (Å²) >= 11 is 1.47. The third-order valence-corrected chi connectivity index (χ3v) is 10.6. The number of carbonyl (C=O) groups excluding carboxylic acids is 7. The molecule has 1 saturated heterocycles. The van der Waals surface area contributed by atoms with E-state index in [0.717, 1.165) is 0 Å². The minimum atomic E-state index is -1.64. The van der Waals surface area contributed by atoms with Crippen molar-refractivity contribution >= 4 is 65.0 Å². The van der Waals surface area contributed by atoms with E-state index in [1.54, 1.807) is 27.7 Å². The minimum Gasteiger partial charge on any atom is -0.480 e. The van der Waals surface area contributed by atoms with Gasteiger partial charge in [-0.2, -0.15) is 11.8 Å². The van der Waals surface area contributed by atoms with Gasteiger partial charge in [-0.05, 0) is 89.2 Å². The lowest BCUT2D eigenvalue weighted by Crippen LogP contribution is -2.61. The predicted molar refractivity (Wildman–Crippen MR) is 229 cm³/mol. The number of carboxylic acid groups (broad SMARTS) is 1. The van der Waals surface area contributed by atoms with E-state index in [9.17, 15) is 48.6 Å². The van der Waals surface area contributed by atoms with Gasteiger partial charge in [-0.25, -0.2) is 4.79 Å². The first-order valence-electron chi connectivity index (χ1n) is 20.6. The molecule has 1 fully saturated rings. The highest BCUT2D eigenvalue weighted by molar-refractivity contribution is 7.98. The Morgan fingerprint density at radius 2 is 1.36 bits per heavy atom. The molecule has 0 spiro atoms. The molecule has 348 valence electrons. The Morgan fingerprint density at radius 1 is 0.787 bits per heavy atom. The Balaban J connectivity index is 3.25. The van der Waals surface area contributed by atoms with Crippen LogP contribution in [-0.4, -0.2) is 154 Å². The first-order chi connectivity index (χ1) is 28.5. The largest absolute Gasteiger partial charge is 0.480 e. The SMILES string of the molecule is CSCC[C@H](NC(=O)[C@@H](N)C(C)C)C(=O)N[C@@H](C)C(=O)N1CCC[C@H]1C(=O)N[C@@H](CCCNC(=N)N)C(=O)N[C@H](C(=O)N[C@@H](CC(C)C)C(=O)N[C@@H](CCN)C(=O)O)[C@@H](C)O. The van der Waals surface area contributed by atoms with Crippen LogP contribution in [0.4, 0.5) is 0 Å². The lowest BCUT2D eigenvalue weighted by Gasteiger charge is -2.30. The second kappa shape index (κ2) is 27.3. The first-order valence-corrected chi connectivity index (χ1v) is 22.0. The molecular formula is C38H70N12O10S. The van der Waals surface area contributed by atoms with Crippen LogP contribution in [0.3, 0.4) is 0 Å². The maximum atomic E-state index is 13.9. The van der Waals surface area contributed by atoms with Crippen molar-refractivity contribution in [3.05, 3.63) is 0 Å². The number of guanidine groups is 1. The molecule has 16 N–H and O–H groups in total. The monoisotopic (exact) mass is 887 g/mol. The smallest absolute Gasteiger partial charge is 0.326 e. The summed E-state index contributed by atoms with van der Waals surface area (Å²) in [5.41, 5.74) is 16.9. The van der Waals surface area contributed by atoms with Crippen LogP contribution in [0.5, 0.6) is 0 Å². The normalized spacial score (nSPS) is 17.7. The number of likely N-dealkylation sites (tertiary alicyclic amines) is 1. The van der Waals surface area contributed by atoms with Gasteiger partial charge in [0.15, 0.2) is 5.96 Å². The van der Waals surface area contributed by atoms with Crippen LogP contribution in [0.25, 0.3) is 0 Å². The summed E-state index contributed by atoms with van der Waals surface area (Å²) in [4.78, 5) is 107. The molecule has 1 aliphatic rings. The highest BCUT2D eigenvalue weighted by Crippen LogP contribution is 2.20. The van der Waals surface area contributed by atoms with Crippen molar-refractivity contribution in [2.24, 2.45) is 29.0 Å². The van der Waals surface area contributed by atoms with Gasteiger partial charge in [0.25, 0.3) is 0 Å². The van der Waals surface area contributed by atoms with E-state index >= 15 is 0 Å². The Kier molecular flexibility index (Phi) is 24.3. The van der Waals surface area contributed by atoms with Crippen LogP contribution >= 0.6 is 11.8 Å².